The summed E-state index contributed by atoms with van der Waals surface area (Å²) in [6.45, 7) is 0.520. The van der Waals surface area contributed by atoms with Crippen molar-refractivity contribution in [3.8, 4) is 0 Å². The van der Waals surface area contributed by atoms with Gasteiger partial charge in [-0.25, -0.2) is 18.7 Å². The molecule has 0 unspecified atom stereocenters. The molecule has 8 heteroatoms. The number of nitrogens with zero attached hydrogens (tertiary/aromatic N) is 4. The molecule has 1 aromatic heterocycles. The molecule has 1 aromatic rings. The number of carbonyl (C=O) groups excluding carboxylic acids is 2. The number of halogens is 2. The lowest BCUT2D eigenvalue weighted by atomic mass is 9.77. The third-order valence-corrected chi connectivity index (χ3v) is 5.38. The van der Waals surface area contributed by atoms with E-state index in [4.69, 9.17) is 0 Å². The van der Waals surface area contributed by atoms with E-state index in [1.807, 2.05) is 0 Å². The molecule has 3 fully saturated rings. The molecular formula is C17H20F2N4O2. The second-order valence-electron chi connectivity index (χ2n) is 7.51. The first-order valence-corrected chi connectivity index (χ1v) is 8.61. The molecule has 0 N–H and O–H groups in total. The number of piperidine rings is 1. The van der Waals surface area contributed by atoms with Gasteiger partial charge in [-0.05, 0) is 31.2 Å². The number of hydrogen-bond donors (Lipinski definition) is 0. The standard InChI is InChI=1S/C17H20F2N4O2/c18-17(19)8-16(4-6-22(15(16)25)7-12-1-2-12)9-23(10-17)14(24)13-3-5-20-11-21-13/h3,5,11-12H,1-2,4,6-10H2/t16-/m0/s1. The fourth-order valence-corrected chi connectivity index (χ4v) is 4.02. The van der Waals surface area contributed by atoms with Crippen LogP contribution in [0.4, 0.5) is 8.78 Å². The van der Waals surface area contributed by atoms with Gasteiger partial charge in [0.1, 0.15) is 12.0 Å². The maximum Gasteiger partial charge on any atom is 0.272 e. The van der Waals surface area contributed by atoms with Crippen LogP contribution in [0, 0.1) is 11.3 Å². The number of rotatable bonds is 3. The quantitative estimate of drug-likeness (QED) is 0.830. The van der Waals surface area contributed by atoms with E-state index in [9.17, 15) is 18.4 Å². The lowest BCUT2D eigenvalue weighted by Crippen LogP contribution is -2.57. The van der Waals surface area contributed by atoms with Gasteiger partial charge in [-0.15, -0.1) is 0 Å². The average Bonchev–Trinajstić information content (AvgIpc) is 3.36. The summed E-state index contributed by atoms with van der Waals surface area (Å²) >= 11 is 0. The van der Waals surface area contributed by atoms with Crippen LogP contribution in [-0.2, 0) is 4.79 Å². The predicted octanol–water partition coefficient (Wildman–Crippen LogP) is 1.59. The second-order valence-corrected chi connectivity index (χ2v) is 7.51. The lowest BCUT2D eigenvalue weighted by molar-refractivity contribution is -0.151. The van der Waals surface area contributed by atoms with E-state index < -0.39 is 30.2 Å². The van der Waals surface area contributed by atoms with Gasteiger partial charge in [-0.2, -0.15) is 0 Å². The summed E-state index contributed by atoms with van der Waals surface area (Å²) in [6.07, 6.45) is 4.71. The van der Waals surface area contributed by atoms with Crippen molar-refractivity contribution in [2.75, 3.05) is 26.2 Å². The highest BCUT2D eigenvalue weighted by molar-refractivity contribution is 5.93. The maximum absolute atomic E-state index is 14.4. The molecule has 25 heavy (non-hydrogen) atoms. The van der Waals surface area contributed by atoms with E-state index in [1.165, 1.54) is 18.6 Å². The number of hydrogen-bond acceptors (Lipinski definition) is 4. The normalized spacial score (nSPS) is 28.6. The SMILES string of the molecule is O=C(c1ccncn1)N1CC(F)(F)C[C@@]2(CCN(CC3CC3)C2=O)C1. The highest BCUT2D eigenvalue weighted by Gasteiger charge is 2.58. The van der Waals surface area contributed by atoms with Crippen LogP contribution in [0.5, 0.6) is 0 Å². The Morgan fingerprint density at radius 1 is 1.32 bits per heavy atom. The fraction of sp³-hybridized carbons (Fsp3) is 0.647. The van der Waals surface area contributed by atoms with Gasteiger partial charge < -0.3 is 9.80 Å². The summed E-state index contributed by atoms with van der Waals surface area (Å²) in [5.41, 5.74) is -1.09. The minimum absolute atomic E-state index is 0.0332. The minimum atomic E-state index is -3.08. The first kappa shape index (κ1) is 16.4. The van der Waals surface area contributed by atoms with Crippen molar-refractivity contribution in [3.05, 3.63) is 24.3 Å². The van der Waals surface area contributed by atoms with Crippen LogP contribution in [0.1, 0.15) is 36.2 Å². The minimum Gasteiger partial charge on any atom is -0.342 e. The van der Waals surface area contributed by atoms with Crippen molar-refractivity contribution in [3.63, 3.8) is 0 Å². The predicted molar refractivity (Wildman–Crippen MR) is 83.9 cm³/mol. The Morgan fingerprint density at radius 2 is 2.12 bits per heavy atom. The molecular weight excluding hydrogens is 330 g/mol. The monoisotopic (exact) mass is 350 g/mol. The zero-order chi connectivity index (χ0) is 17.7. The molecule has 134 valence electrons. The number of aromatic nitrogens is 2. The van der Waals surface area contributed by atoms with Crippen LogP contribution >= 0.6 is 0 Å². The zero-order valence-corrected chi connectivity index (χ0v) is 13.8. The largest absolute Gasteiger partial charge is 0.342 e. The first-order chi connectivity index (χ1) is 11.9. The summed E-state index contributed by atoms with van der Waals surface area (Å²) in [5.74, 6) is -3.36. The van der Waals surface area contributed by atoms with Crippen LogP contribution < -0.4 is 0 Å². The van der Waals surface area contributed by atoms with Gasteiger partial charge in [0, 0.05) is 32.3 Å². The van der Waals surface area contributed by atoms with E-state index >= 15 is 0 Å². The molecule has 6 nitrogen and oxygen atoms in total. The van der Waals surface area contributed by atoms with E-state index in [1.54, 1.807) is 4.90 Å². The smallest absolute Gasteiger partial charge is 0.272 e. The highest BCUT2D eigenvalue weighted by Crippen LogP contribution is 2.46. The average molecular weight is 350 g/mol. The molecule has 3 heterocycles. The fourth-order valence-electron chi connectivity index (χ4n) is 4.02. The molecule has 2 aliphatic heterocycles. The number of amides is 2. The Balaban J connectivity index is 1.57. The highest BCUT2D eigenvalue weighted by atomic mass is 19.3. The van der Waals surface area contributed by atoms with Crippen molar-refractivity contribution < 1.29 is 18.4 Å². The van der Waals surface area contributed by atoms with E-state index in [0.717, 1.165) is 17.7 Å². The molecule has 1 spiro atoms. The third kappa shape index (κ3) is 3.09. The molecule has 4 rings (SSSR count). The topological polar surface area (TPSA) is 66.4 Å². The molecule has 1 atom stereocenters. The van der Waals surface area contributed by atoms with Crippen molar-refractivity contribution in [1.29, 1.82) is 0 Å². The van der Waals surface area contributed by atoms with Gasteiger partial charge in [0.25, 0.3) is 11.8 Å². The molecule has 1 saturated carbocycles. The lowest BCUT2D eigenvalue weighted by Gasteiger charge is -2.42. The van der Waals surface area contributed by atoms with E-state index in [-0.39, 0.29) is 18.1 Å². The second kappa shape index (κ2) is 5.71. The maximum atomic E-state index is 14.4. The number of carbonyl (C=O) groups is 2. The summed E-state index contributed by atoms with van der Waals surface area (Å²) in [5, 5.41) is 0. The Kier molecular flexibility index (Phi) is 3.73. The zero-order valence-electron chi connectivity index (χ0n) is 13.8. The van der Waals surface area contributed by atoms with Gasteiger partial charge in [-0.1, -0.05) is 0 Å². The number of alkyl halides is 2. The van der Waals surface area contributed by atoms with Crippen LogP contribution in [0.2, 0.25) is 0 Å². The van der Waals surface area contributed by atoms with Crippen LogP contribution in [0.25, 0.3) is 0 Å². The van der Waals surface area contributed by atoms with Crippen LogP contribution in [-0.4, -0.2) is 63.7 Å². The molecule has 1 aliphatic carbocycles. The summed E-state index contributed by atoms with van der Waals surface area (Å²) in [6, 6.07) is 1.40. The molecule has 3 aliphatic rings. The van der Waals surface area contributed by atoms with Gasteiger partial charge in [0.2, 0.25) is 5.91 Å². The molecule has 2 amide bonds. The van der Waals surface area contributed by atoms with Crippen molar-refractivity contribution >= 4 is 11.8 Å². The van der Waals surface area contributed by atoms with Crippen molar-refractivity contribution in [2.45, 2.75) is 31.6 Å². The first-order valence-electron chi connectivity index (χ1n) is 8.61. The van der Waals surface area contributed by atoms with Gasteiger partial charge >= 0.3 is 0 Å². The van der Waals surface area contributed by atoms with Gasteiger partial charge in [0.15, 0.2) is 0 Å². The summed E-state index contributed by atoms with van der Waals surface area (Å²) < 4.78 is 28.8. The van der Waals surface area contributed by atoms with E-state index in [2.05, 4.69) is 9.97 Å². The summed E-state index contributed by atoms with van der Waals surface area (Å²) in [4.78, 5) is 35.8. The van der Waals surface area contributed by atoms with E-state index in [0.29, 0.717) is 25.4 Å². The molecule has 0 aromatic carbocycles. The van der Waals surface area contributed by atoms with Crippen molar-refractivity contribution in [1.82, 2.24) is 19.8 Å². The van der Waals surface area contributed by atoms with Crippen molar-refractivity contribution in [2.24, 2.45) is 11.3 Å². The Labute approximate surface area is 144 Å². The molecule has 0 radical (unpaired) electrons. The summed E-state index contributed by atoms with van der Waals surface area (Å²) in [7, 11) is 0. The Morgan fingerprint density at radius 3 is 2.80 bits per heavy atom. The van der Waals surface area contributed by atoms with Gasteiger partial charge in [0.05, 0.1) is 12.0 Å². The third-order valence-electron chi connectivity index (χ3n) is 5.38. The van der Waals surface area contributed by atoms with Crippen LogP contribution in [0.15, 0.2) is 18.6 Å². The molecule has 2 saturated heterocycles. The number of likely N-dealkylation sites (tertiary alicyclic amines) is 2. The Bertz CT molecular complexity index is 695. The Hall–Kier alpha value is -2.12. The van der Waals surface area contributed by atoms with Crippen LogP contribution in [0.3, 0.4) is 0 Å². The van der Waals surface area contributed by atoms with Gasteiger partial charge in [-0.3, -0.25) is 9.59 Å². The molecule has 0 bridgehead atoms.